The monoisotopic (exact) mass is 636 g/mol. The predicted molar refractivity (Wildman–Crippen MR) is 191 cm³/mol. The summed E-state index contributed by atoms with van der Waals surface area (Å²) in [7, 11) is 6.49. The maximum absolute atomic E-state index is 12.6. The Kier molecular flexibility index (Phi) is 10.9. The van der Waals surface area contributed by atoms with Crippen LogP contribution in [0, 0.1) is 11.8 Å². The number of carbonyl (C=O) groups excluding carboxylic acids is 1. The number of methoxy groups -OCH3 is 4. The molecule has 0 heterocycles. The van der Waals surface area contributed by atoms with Crippen LogP contribution in [0.5, 0.6) is 23.0 Å². The van der Waals surface area contributed by atoms with Crippen LogP contribution in [-0.4, -0.2) is 34.2 Å². The Morgan fingerprint density at radius 3 is 1.46 bits per heavy atom. The highest BCUT2D eigenvalue weighted by Gasteiger charge is 2.33. The molecule has 0 fully saturated rings. The number of benzene rings is 2. The molecular weight excluding hydrogens is 572 g/mol. The number of carbonyl (C=O) groups is 1. The molecule has 5 nitrogen and oxygen atoms in total. The first-order chi connectivity index (χ1) is 24.4. The van der Waals surface area contributed by atoms with E-state index >= 15 is 0 Å². The van der Waals surface area contributed by atoms with Crippen LogP contribution in [0.15, 0.2) is 59.7 Å². The fourth-order valence-electron chi connectivity index (χ4n) is 6.90. The van der Waals surface area contributed by atoms with E-state index in [1.54, 1.807) is 28.4 Å². The Morgan fingerprint density at radius 2 is 1.11 bits per heavy atom. The lowest BCUT2D eigenvalue weighted by Crippen LogP contribution is -2.23. The molecule has 0 N–H and O–H groups in total. The van der Waals surface area contributed by atoms with Crippen LogP contribution < -0.4 is 18.9 Å². The van der Waals surface area contributed by atoms with Gasteiger partial charge in [-0.1, -0.05) is 62.1 Å². The second-order valence-corrected chi connectivity index (χ2v) is 12.6. The molecule has 0 aromatic heterocycles. The van der Waals surface area contributed by atoms with Gasteiger partial charge in [0, 0.05) is 37.1 Å². The predicted octanol–water partition coefficient (Wildman–Crippen LogP) is 10.4. The minimum absolute atomic E-state index is 0.114. The van der Waals surface area contributed by atoms with E-state index in [-0.39, 0.29) is 17.8 Å². The number of allylic oxidation sites excluding steroid dienone is 5. The smallest absolute Gasteiger partial charge is 0.133 e. The van der Waals surface area contributed by atoms with Gasteiger partial charge in [0.05, 0.1) is 28.4 Å². The van der Waals surface area contributed by atoms with E-state index in [4.69, 9.17) is 27.2 Å². The number of hydrogen-bond donors (Lipinski definition) is 0. The van der Waals surface area contributed by atoms with Gasteiger partial charge in [0.2, 0.25) is 0 Å². The molecule has 0 unspecified atom stereocenters. The van der Waals surface area contributed by atoms with Crippen LogP contribution in [0.2, 0.25) is 0 Å². The van der Waals surface area contributed by atoms with Crippen LogP contribution in [0.4, 0.5) is 0 Å². The zero-order valence-electron chi connectivity index (χ0n) is 35.2. The lowest BCUT2D eigenvalue weighted by molar-refractivity contribution is -0.121. The van der Waals surface area contributed by atoms with Crippen molar-refractivity contribution in [3.05, 3.63) is 82.0 Å². The maximum atomic E-state index is 12.6. The van der Waals surface area contributed by atoms with Gasteiger partial charge < -0.3 is 18.9 Å². The molecule has 0 saturated heterocycles. The van der Waals surface area contributed by atoms with Gasteiger partial charge in [0.1, 0.15) is 28.8 Å². The number of ketones is 1. The van der Waals surface area contributed by atoms with Gasteiger partial charge >= 0.3 is 0 Å². The summed E-state index contributed by atoms with van der Waals surface area (Å²) in [6.45, 7) is 7.50. The topological polar surface area (TPSA) is 54.0 Å². The van der Waals surface area contributed by atoms with Crippen molar-refractivity contribution in [2.45, 2.75) is 105 Å². The maximum Gasteiger partial charge on any atom is 0.133 e. The van der Waals surface area contributed by atoms with Crippen LogP contribution >= 0.6 is 0 Å². The Bertz CT molecular complexity index is 1450. The summed E-state index contributed by atoms with van der Waals surface area (Å²) < 4.78 is 68.8. The van der Waals surface area contributed by atoms with Crippen LogP contribution in [-0.2, 0) is 17.6 Å². The molecule has 0 radical (unpaired) electrons. The summed E-state index contributed by atoms with van der Waals surface area (Å²) in [4.78, 5) is 12.6. The van der Waals surface area contributed by atoms with Gasteiger partial charge in [0.15, 0.2) is 0 Å². The molecule has 4 rings (SSSR count). The Balaban J connectivity index is 0.000000280. The second kappa shape index (κ2) is 17.4. The third kappa shape index (κ3) is 8.86. The molecule has 2 aromatic rings. The zero-order valence-corrected chi connectivity index (χ0v) is 29.2. The largest absolute Gasteiger partial charge is 0.496 e. The summed E-state index contributed by atoms with van der Waals surface area (Å²) in [6, 6.07) is 8.04. The first kappa shape index (κ1) is 28.7. The molecule has 2 aliphatic rings. The highest BCUT2D eigenvalue weighted by atomic mass is 16.5. The van der Waals surface area contributed by atoms with E-state index < -0.39 is 25.4 Å². The van der Waals surface area contributed by atoms with Crippen molar-refractivity contribution in [2.24, 2.45) is 11.8 Å². The summed E-state index contributed by atoms with van der Waals surface area (Å²) in [5.41, 5.74) is 6.65. The fourth-order valence-corrected chi connectivity index (χ4v) is 6.90. The fraction of sp³-hybridized carbons (Fsp3) is 0.537. The molecule has 0 bridgehead atoms. The van der Waals surface area contributed by atoms with E-state index in [0.717, 1.165) is 84.3 Å². The number of Topliss-reactive ketones (excluding diaryl/α,β-unsaturated/α-hetero) is 1. The quantitative estimate of drug-likeness (QED) is 0.217. The van der Waals surface area contributed by atoms with E-state index in [1.165, 1.54) is 5.57 Å². The molecule has 0 saturated carbocycles. The molecule has 0 amide bonds. The number of aryl methyl sites for hydroxylation is 2. The Morgan fingerprint density at radius 1 is 0.717 bits per heavy atom. The molecule has 0 aliphatic heterocycles. The third-order valence-corrected chi connectivity index (χ3v) is 9.23. The van der Waals surface area contributed by atoms with Crippen LogP contribution in [0.3, 0.4) is 0 Å². The molecule has 2 aliphatic carbocycles. The van der Waals surface area contributed by atoms with Gasteiger partial charge in [-0.05, 0) is 107 Å². The van der Waals surface area contributed by atoms with Crippen molar-refractivity contribution in [3.8, 4) is 23.0 Å². The van der Waals surface area contributed by atoms with E-state index in [2.05, 4.69) is 33.4 Å². The third-order valence-electron chi connectivity index (χ3n) is 9.23. The minimum atomic E-state index is -2.61. The van der Waals surface area contributed by atoms with Crippen LogP contribution in [0.25, 0.3) is 0 Å². The van der Waals surface area contributed by atoms with Gasteiger partial charge in [-0.15, -0.1) is 0 Å². The first-order valence-electron chi connectivity index (χ1n) is 19.5. The molecule has 46 heavy (non-hydrogen) atoms. The molecule has 2 aromatic carbocycles. The van der Waals surface area contributed by atoms with Gasteiger partial charge in [-0.3, -0.25) is 4.79 Å². The highest BCUT2D eigenvalue weighted by Crippen LogP contribution is 2.48. The minimum Gasteiger partial charge on any atom is -0.496 e. The summed E-state index contributed by atoms with van der Waals surface area (Å²) >= 11 is 0. The molecule has 4 atom stereocenters. The van der Waals surface area contributed by atoms with E-state index in [9.17, 15) is 4.79 Å². The van der Waals surface area contributed by atoms with Crippen molar-refractivity contribution < 1.29 is 32.0 Å². The Hall–Kier alpha value is -3.47. The second-order valence-electron chi connectivity index (χ2n) is 12.6. The van der Waals surface area contributed by atoms with Crippen molar-refractivity contribution in [3.63, 3.8) is 0 Å². The molecule has 5 heteroatoms. The average molecular weight is 637 g/mol. The molecular formula is C41H58O5. The summed E-state index contributed by atoms with van der Waals surface area (Å²) in [5.74, 6) is 0.873. The number of ether oxygens (including phenoxy) is 4. The summed E-state index contributed by atoms with van der Waals surface area (Å²) in [5, 5.41) is 0. The van der Waals surface area contributed by atoms with Crippen molar-refractivity contribution in [1.29, 1.82) is 0 Å². The number of rotatable bonds is 12. The van der Waals surface area contributed by atoms with E-state index in [0.29, 0.717) is 23.5 Å². The van der Waals surface area contributed by atoms with E-state index in [1.807, 2.05) is 37.3 Å². The molecule has 252 valence electrons. The van der Waals surface area contributed by atoms with Gasteiger partial charge in [-0.2, -0.15) is 0 Å². The average Bonchev–Trinajstić information content (AvgIpc) is 3.09. The zero-order chi connectivity index (χ0) is 39.0. The normalized spacial score (nSPS) is 23.3. The lowest BCUT2D eigenvalue weighted by Gasteiger charge is -2.32. The first-order valence-corrected chi connectivity index (χ1v) is 16.5. The van der Waals surface area contributed by atoms with Crippen molar-refractivity contribution in [2.75, 3.05) is 28.4 Å². The van der Waals surface area contributed by atoms with Gasteiger partial charge in [-0.25, -0.2) is 0 Å². The lowest BCUT2D eigenvalue weighted by atomic mass is 9.73. The SMILES string of the molecule is [2H]C([2H])([2H])C(=C)[C@@H]1CCC(C)=C[C@H]1c1c(OC)cc(CCC)cc1OC.[2H]C([2H])([2H])C(=O)[C@@H]1CCC(C)=C[C@H]1c1c(OC)cc(CCC)cc1OC. The highest BCUT2D eigenvalue weighted by molar-refractivity contribution is 5.80. The Labute approximate surface area is 287 Å². The van der Waals surface area contributed by atoms with Crippen molar-refractivity contribution in [1.82, 2.24) is 0 Å². The standard InChI is InChI=1S/C21H30O2.C20H28O3/c1-7-8-16-12-19(22-5)21(20(13-16)23-6)18-11-15(4)9-10-17(18)14(2)3;1-6-7-15-11-18(22-4)20(19(12-15)23-5)17-10-13(2)8-9-16(17)14(3)21/h11-13,17-18H,2,7-10H2,1,3-6H3;10-12,16-17H,6-9H2,1-5H3/t17-,18+;16-,17+/m00/s1/i2*3D3. The summed E-state index contributed by atoms with van der Waals surface area (Å²) in [6.07, 6.45) is 10.9. The van der Waals surface area contributed by atoms with Gasteiger partial charge in [0.25, 0.3) is 0 Å². The number of hydrogen-bond acceptors (Lipinski definition) is 5. The van der Waals surface area contributed by atoms with Crippen molar-refractivity contribution >= 4 is 5.78 Å². The van der Waals surface area contributed by atoms with Crippen LogP contribution in [0.1, 0.15) is 122 Å². The molecule has 0 spiro atoms.